The van der Waals surface area contributed by atoms with Gasteiger partial charge in [-0.3, -0.25) is 4.79 Å². The fourth-order valence-corrected chi connectivity index (χ4v) is 3.90. The van der Waals surface area contributed by atoms with Gasteiger partial charge >= 0.3 is 0 Å². The largest absolute Gasteiger partial charge is 0.321 e. The highest BCUT2D eigenvalue weighted by Gasteiger charge is 2.20. The summed E-state index contributed by atoms with van der Waals surface area (Å²) >= 11 is 12.2. The molecular weight excluding hydrogens is 383 g/mol. The summed E-state index contributed by atoms with van der Waals surface area (Å²) in [6.07, 6.45) is 0. The lowest BCUT2D eigenvalue weighted by molar-refractivity contribution is 0.102. The maximum Gasteiger partial charge on any atom is 0.257 e. The zero-order valence-corrected chi connectivity index (χ0v) is 16.3. The lowest BCUT2D eigenvalue weighted by Gasteiger charge is -2.12. The van der Waals surface area contributed by atoms with E-state index in [4.69, 9.17) is 23.2 Å². The molecule has 0 saturated carbocycles. The maximum atomic E-state index is 12.5. The molecule has 0 atom stereocenters. The van der Waals surface area contributed by atoms with E-state index >= 15 is 0 Å². The van der Waals surface area contributed by atoms with E-state index in [0.717, 1.165) is 5.56 Å². The van der Waals surface area contributed by atoms with Gasteiger partial charge in [0.2, 0.25) is 10.0 Å². The third-order valence-corrected chi connectivity index (χ3v) is 5.55. The number of carbonyl (C=O) groups is 1. The Kier molecular flexibility index (Phi) is 6.11. The predicted octanol–water partition coefficient (Wildman–Crippen LogP) is 4.24. The molecule has 5 nitrogen and oxygen atoms in total. The fraction of sp³-hybridized carbons (Fsp3) is 0.235. The molecule has 2 aromatic rings. The molecule has 2 rings (SSSR count). The van der Waals surface area contributed by atoms with Crippen LogP contribution in [0.4, 0.5) is 5.69 Å². The molecule has 0 unspecified atom stereocenters. The Morgan fingerprint density at radius 1 is 1.04 bits per heavy atom. The number of benzene rings is 2. The molecule has 0 aliphatic heterocycles. The molecule has 0 heterocycles. The van der Waals surface area contributed by atoms with Gasteiger partial charge in [-0.2, -0.15) is 0 Å². The number of sulfonamides is 1. The van der Waals surface area contributed by atoms with Gasteiger partial charge in [-0.25, -0.2) is 13.1 Å². The number of halogens is 2. The van der Waals surface area contributed by atoms with Crippen molar-refractivity contribution in [1.82, 2.24) is 4.72 Å². The van der Waals surface area contributed by atoms with Crippen LogP contribution in [0.15, 0.2) is 41.3 Å². The van der Waals surface area contributed by atoms with Crippen molar-refractivity contribution < 1.29 is 13.2 Å². The number of anilines is 1. The van der Waals surface area contributed by atoms with E-state index in [2.05, 4.69) is 10.0 Å². The molecule has 0 bridgehead atoms. The van der Waals surface area contributed by atoms with Crippen LogP contribution in [0.1, 0.15) is 29.8 Å². The summed E-state index contributed by atoms with van der Waals surface area (Å²) in [5, 5.41) is 3.17. The third kappa shape index (κ3) is 4.95. The molecule has 8 heteroatoms. The second kappa shape index (κ2) is 7.74. The molecular formula is C17H18Cl2N2O3S. The van der Waals surface area contributed by atoms with E-state index in [1.807, 2.05) is 6.92 Å². The third-order valence-electron chi connectivity index (χ3n) is 3.26. The molecule has 2 aromatic carbocycles. The number of hydrogen-bond acceptors (Lipinski definition) is 3. The summed E-state index contributed by atoms with van der Waals surface area (Å²) < 4.78 is 27.0. The molecule has 2 N–H and O–H groups in total. The topological polar surface area (TPSA) is 75.3 Å². The van der Waals surface area contributed by atoms with Crippen molar-refractivity contribution in [3.8, 4) is 0 Å². The Bertz CT molecular complexity index is 912. The minimum absolute atomic E-state index is 0.0363. The number of carbonyl (C=O) groups excluding carboxylic acids is 1. The first-order valence-corrected chi connectivity index (χ1v) is 9.73. The Labute approximate surface area is 157 Å². The first-order valence-electron chi connectivity index (χ1n) is 7.49. The SMILES string of the molecule is Cc1ccc(NC(=O)c2cc(S(=O)(=O)NC(C)C)ccc2Cl)c(Cl)c1. The van der Waals surface area contributed by atoms with Crippen molar-refractivity contribution in [2.24, 2.45) is 0 Å². The molecule has 1 amide bonds. The van der Waals surface area contributed by atoms with E-state index in [0.29, 0.717) is 10.7 Å². The van der Waals surface area contributed by atoms with Crippen molar-refractivity contribution in [2.45, 2.75) is 31.7 Å². The summed E-state index contributed by atoms with van der Waals surface area (Å²) in [5.41, 5.74) is 1.42. The van der Waals surface area contributed by atoms with Crippen LogP contribution in [0.3, 0.4) is 0 Å². The Hall–Kier alpha value is -1.60. The van der Waals surface area contributed by atoms with Crippen LogP contribution in [-0.4, -0.2) is 20.4 Å². The monoisotopic (exact) mass is 400 g/mol. The van der Waals surface area contributed by atoms with Gasteiger partial charge in [0, 0.05) is 6.04 Å². The zero-order valence-electron chi connectivity index (χ0n) is 13.9. The highest BCUT2D eigenvalue weighted by molar-refractivity contribution is 7.89. The molecule has 0 spiro atoms. The minimum Gasteiger partial charge on any atom is -0.321 e. The van der Waals surface area contributed by atoms with Gasteiger partial charge in [-0.05, 0) is 56.7 Å². The average molecular weight is 401 g/mol. The molecule has 0 aliphatic rings. The van der Waals surface area contributed by atoms with Crippen LogP contribution in [0.25, 0.3) is 0 Å². The second-order valence-corrected chi connectivity index (χ2v) is 8.38. The first kappa shape index (κ1) is 19.7. The second-order valence-electron chi connectivity index (χ2n) is 5.86. The van der Waals surface area contributed by atoms with Crippen LogP contribution in [-0.2, 0) is 10.0 Å². The summed E-state index contributed by atoms with van der Waals surface area (Å²) in [5.74, 6) is -0.544. The number of rotatable bonds is 5. The van der Waals surface area contributed by atoms with E-state index in [1.54, 1.807) is 32.0 Å². The lowest BCUT2D eigenvalue weighted by Crippen LogP contribution is -2.30. The normalized spacial score (nSPS) is 11.6. The van der Waals surface area contributed by atoms with Gasteiger partial charge in [-0.1, -0.05) is 29.3 Å². The van der Waals surface area contributed by atoms with E-state index in [1.165, 1.54) is 18.2 Å². The first-order chi connectivity index (χ1) is 11.6. The van der Waals surface area contributed by atoms with Crippen LogP contribution < -0.4 is 10.0 Å². The highest BCUT2D eigenvalue weighted by atomic mass is 35.5. The molecule has 0 aliphatic carbocycles. The summed E-state index contributed by atoms with van der Waals surface area (Å²) in [7, 11) is -3.73. The van der Waals surface area contributed by atoms with Crippen molar-refractivity contribution >= 4 is 44.8 Å². The number of nitrogens with one attached hydrogen (secondary N) is 2. The predicted molar refractivity (Wildman–Crippen MR) is 101 cm³/mol. The Morgan fingerprint density at radius 2 is 1.72 bits per heavy atom. The molecule has 0 radical (unpaired) electrons. The molecule has 0 saturated heterocycles. The fourth-order valence-electron chi connectivity index (χ4n) is 2.14. The summed E-state index contributed by atoms with van der Waals surface area (Å²) in [6.45, 7) is 5.30. The van der Waals surface area contributed by atoms with Crippen molar-refractivity contribution in [3.05, 3.63) is 57.6 Å². The Morgan fingerprint density at radius 3 is 2.32 bits per heavy atom. The lowest BCUT2D eigenvalue weighted by atomic mass is 10.2. The summed E-state index contributed by atoms with van der Waals surface area (Å²) in [4.78, 5) is 12.5. The molecule has 0 fully saturated rings. The van der Waals surface area contributed by atoms with E-state index < -0.39 is 15.9 Å². The van der Waals surface area contributed by atoms with Crippen LogP contribution >= 0.6 is 23.2 Å². The zero-order chi connectivity index (χ0) is 18.8. The van der Waals surface area contributed by atoms with E-state index in [9.17, 15) is 13.2 Å². The number of amides is 1. The molecule has 134 valence electrons. The van der Waals surface area contributed by atoms with Crippen LogP contribution in [0, 0.1) is 6.92 Å². The van der Waals surface area contributed by atoms with Gasteiger partial charge in [0.05, 0.1) is 26.2 Å². The van der Waals surface area contributed by atoms with E-state index in [-0.39, 0.29) is 21.5 Å². The highest BCUT2D eigenvalue weighted by Crippen LogP contribution is 2.26. The van der Waals surface area contributed by atoms with Gasteiger partial charge in [0.15, 0.2) is 0 Å². The molecule has 0 aromatic heterocycles. The van der Waals surface area contributed by atoms with Crippen LogP contribution in [0.2, 0.25) is 10.0 Å². The molecule has 25 heavy (non-hydrogen) atoms. The van der Waals surface area contributed by atoms with Gasteiger partial charge in [-0.15, -0.1) is 0 Å². The maximum absolute atomic E-state index is 12.5. The minimum atomic E-state index is -3.73. The summed E-state index contributed by atoms with van der Waals surface area (Å²) in [6, 6.07) is 8.88. The van der Waals surface area contributed by atoms with Crippen LogP contribution in [0.5, 0.6) is 0 Å². The standard InChI is InChI=1S/C17H18Cl2N2O3S/c1-10(2)21-25(23,24)12-5-6-14(18)13(9-12)17(22)20-16-7-4-11(3)8-15(16)19/h4-10,21H,1-3H3,(H,20,22). The van der Waals surface area contributed by atoms with Crippen molar-refractivity contribution in [1.29, 1.82) is 0 Å². The van der Waals surface area contributed by atoms with Crippen molar-refractivity contribution in [3.63, 3.8) is 0 Å². The smallest absolute Gasteiger partial charge is 0.257 e. The quantitative estimate of drug-likeness (QED) is 0.787. The van der Waals surface area contributed by atoms with Crippen molar-refractivity contribution in [2.75, 3.05) is 5.32 Å². The Balaban J connectivity index is 2.35. The van der Waals surface area contributed by atoms with Gasteiger partial charge < -0.3 is 5.32 Å². The number of aryl methyl sites for hydroxylation is 1. The van der Waals surface area contributed by atoms with Gasteiger partial charge in [0.25, 0.3) is 5.91 Å². The average Bonchev–Trinajstić information content (AvgIpc) is 2.49. The van der Waals surface area contributed by atoms with Gasteiger partial charge in [0.1, 0.15) is 0 Å². The number of hydrogen-bond donors (Lipinski definition) is 2.